The number of aliphatic imine (C=N–C) groups is 1. The Morgan fingerprint density at radius 2 is 1.94 bits per heavy atom. The van der Waals surface area contributed by atoms with E-state index < -0.39 is 45.8 Å². The smallest absolute Gasteiger partial charge is 0.249 e. The normalized spacial score (nSPS) is 15.6. The Morgan fingerprint density at radius 3 is 2.46 bits per heavy atom. The Morgan fingerprint density at radius 1 is 1.29 bits per heavy atom. The average Bonchev–Trinajstić information content (AvgIpc) is 3.25. The zero-order chi connectivity index (χ0) is 26.8. The van der Waals surface area contributed by atoms with Crippen LogP contribution in [0.3, 0.4) is 0 Å². The molecular weight excluding hydrogens is 498 g/mol. The van der Waals surface area contributed by atoms with Crippen molar-refractivity contribution >= 4 is 50.7 Å². The van der Waals surface area contributed by atoms with Gasteiger partial charge in [0.25, 0.3) is 0 Å². The third kappa shape index (κ3) is 11.0. The molecule has 6 N–H and O–H groups in total. The molecule has 3 amide bonds. The van der Waals surface area contributed by atoms with E-state index in [9.17, 15) is 28.0 Å². The number of hydrogen-bond acceptors (Lipinski definition) is 9. The Labute approximate surface area is 209 Å². The maximum atomic E-state index is 13.2. The summed E-state index contributed by atoms with van der Waals surface area (Å²) in [5.74, 6) is -2.43. The molecule has 0 spiro atoms. The van der Waals surface area contributed by atoms with Crippen molar-refractivity contribution in [3.05, 3.63) is 11.6 Å². The van der Waals surface area contributed by atoms with Crippen molar-refractivity contribution in [2.45, 2.75) is 52.6 Å². The van der Waals surface area contributed by atoms with Crippen molar-refractivity contribution in [3.63, 3.8) is 0 Å². The number of sulfonamides is 1. The highest BCUT2D eigenvalue weighted by molar-refractivity contribution is 7.89. The van der Waals surface area contributed by atoms with Crippen molar-refractivity contribution in [3.8, 4) is 0 Å². The first-order valence-electron chi connectivity index (χ1n) is 11.0. The van der Waals surface area contributed by atoms with Crippen LogP contribution in [0.2, 0.25) is 0 Å². The lowest BCUT2D eigenvalue weighted by molar-refractivity contribution is -0.166. The van der Waals surface area contributed by atoms with Crippen LogP contribution in [-0.4, -0.2) is 72.7 Å². The van der Waals surface area contributed by atoms with E-state index in [2.05, 4.69) is 25.3 Å². The van der Waals surface area contributed by atoms with E-state index in [-0.39, 0.29) is 31.3 Å². The van der Waals surface area contributed by atoms with Crippen LogP contribution in [0.1, 0.15) is 40.5 Å². The second kappa shape index (κ2) is 13.9. The van der Waals surface area contributed by atoms with Gasteiger partial charge in [0, 0.05) is 18.1 Å². The summed E-state index contributed by atoms with van der Waals surface area (Å²) in [6, 6.07) is -1.82. The lowest BCUT2D eigenvalue weighted by Crippen LogP contribution is -2.53. The molecule has 198 valence electrons. The molecular formula is C20H35N7O6S2. The number of aromatic nitrogens is 1. The van der Waals surface area contributed by atoms with Gasteiger partial charge in [-0.25, -0.2) is 18.5 Å². The molecule has 0 aliphatic rings. The van der Waals surface area contributed by atoms with E-state index in [1.807, 2.05) is 13.8 Å². The Balaban J connectivity index is 3.07. The van der Waals surface area contributed by atoms with Crippen LogP contribution in [0.4, 0.5) is 5.13 Å². The standard InChI is InChI=1S/C20H35N7O6S2/c1-12(2)10-15(14(4)27(31)11-28)17(29)24-16(18(30)25-20-23-8-9-34-20)13(3)6-7-22-19(21)26-35(5,32)33/h8-9,11-16,31H,6-7,10H2,1-5H3,(H,24,29)(H3,21,22,26)(H,23,25,30)/t13-,14+,15+,16+/m1/s1. The minimum atomic E-state index is -3.57. The van der Waals surface area contributed by atoms with Crippen molar-refractivity contribution < 1.29 is 28.0 Å². The second-order valence-electron chi connectivity index (χ2n) is 8.68. The summed E-state index contributed by atoms with van der Waals surface area (Å²) in [5.41, 5.74) is 5.56. The minimum absolute atomic E-state index is 0.0768. The second-order valence-corrected chi connectivity index (χ2v) is 11.3. The summed E-state index contributed by atoms with van der Waals surface area (Å²) in [4.78, 5) is 45.3. The third-order valence-electron chi connectivity index (χ3n) is 5.14. The Kier molecular flexibility index (Phi) is 12.1. The summed E-state index contributed by atoms with van der Waals surface area (Å²) < 4.78 is 24.6. The number of nitrogens with one attached hydrogen (secondary N) is 3. The largest absolute Gasteiger partial charge is 0.369 e. The van der Waals surface area contributed by atoms with Gasteiger partial charge in [-0.05, 0) is 31.6 Å². The number of carbonyl (C=O) groups is 3. The van der Waals surface area contributed by atoms with Gasteiger partial charge in [0.15, 0.2) is 5.13 Å². The molecule has 0 radical (unpaired) electrons. The maximum Gasteiger partial charge on any atom is 0.249 e. The van der Waals surface area contributed by atoms with Crippen LogP contribution in [0.15, 0.2) is 16.6 Å². The monoisotopic (exact) mass is 533 g/mol. The zero-order valence-corrected chi connectivity index (χ0v) is 22.1. The van der Waals surface area contributed by atoms with Gasteiger partial charge in [0.05, 0.1) is 18.2 Å². The summed E-state index contributed by atoms with van der Waals surface area (Å²) in [5, 5.41) is 17.8. The molecule has 0 saturated heterocycles. The molecule has 15 heteroatoms. The van der Waals surface area contributed by atoms with Crippen LogP contribution in [0.25, 0.3) is 0 Å². The fourth-order valence-electron chi connectivity index (χ4n) is 3.28. The summed E-state index contributed by atoms with van der Waals surface area (Å²) in [7, 11) is -3.57. The molecule has 0 bridgehead atoms. The van der Waals surface area contributed by atoms with Gasteiger partial charge < -0.3 is 16.4 Å². The number of carbonyl (C=O) groups excluding carboxylic acids is 3. The fourth-order valence-corrected chi connectivity index (χ4v) is 4.26. The molecule has 0 fully saturated rings. The highest BCUT2D eigenvalue weighted by atomic mass is 32.2. The number of hydrogen-bond donors (Lipinski definition) is 5. The highest BCUT2D eigenvalue weighted by Crippen LogP contribution is 2.21. The van der Waals surface area contributed by atoms with Crippen LogP contribution >= 0.6 is 11.3 Å². The Bertz CT molecular complexity index is 969. The van der Waals surface area contributed by atoms with Crippen LogP contribution < -0.4 is 21.1 Å². The number of guanidine groups is 1. The van der Waals surface area contributed by atoms with E-state index in [1.165, 1.54) is 17.5 Å². The number of hydroxylamine groups is 2. The number of thiazole rings is 1. The number of nitrogens with zero attached hydrogens (tertiary/aromatic N) is 3. The first-order valence-corrected chi connectivity index (χ1v) is 13.7. The fraction of sp³-hybridized carbons (Fsp3) is 0.650. The van der Waals surface area contributed by atoms with E-state index in [1.54, 1.807) is 19.2 Å². The number of nitrogens with two attached hydrogens (primary N) is 1. The van der Waals surface area contributed by atoms with Gasteiger partial charge in [0.1, 0.15) is 6.04 Å². The maximum absolute atomic E-state index is 13.2. The molecule has 0 aliphatic carbocycles. The number of rotatable bonds is 14. The molecule has 0 aliphatic heterocycles. The number of anilines is 1. The molecule has 4 atom stereocenters. The quantitative estimate of drug-likeness (QED) is 0.0742. The van der Waals surface area contributed by atoms with Gasteiger partial charge in [0.2, 0.25) is 34.2 Å². The first-order chi connectivity index (χ1) is 16.2. The van der Waals surface area contributed by atoms with Gasteiger partial charge in [-0.1, -0.05) is 20.8 Å². The minimum Gasteiger partial charge on any atom is -0.369 e. The summed E-state index contributed by atoms with van der Waals surface area (Å²) in [6.45, 7) is 7.16. The van der Waals surface area contributed by atoms with Crippen LogP contribution in [0, 0.1) is 17.8 Å². The van der Waals surface area contributed by atoms with Gasteiger partial charge in [-0.3, -0.25) is 29.3 Å². The average molecular weight is 534 g/mol. The topological polar surface area (TPSA) is 196 Å². The third-order valence-corrected chi connectivity index (χ3v) is 6.41. The lowest BCUT2D eigenvalue weighted by Gasteiger charge is -2.31. The van der Waals surface area contributed by atoms with E-state index in [4.69, 9.17) is 5.73 Å². The molecule has 0 saturated carbocycles. The van der Waals surface area contributed by atoms with Crippen molar-refractivity contribution in [2.24, 2.45) is 28.5 Å². The Hall–Kier alpha value is -2.78. The number of amides is 3. The van der Waals surface area contributed by atoms with E-state index >= 15 is 0 Å². The van der Waals surface area contributed by atoms with E-state index in [0.29, 0.717) is 16.6 Å². The summed E-state index contributed by atoms with van der Waals surface area (Å²) in [6.07, 6.45) is 3.35. The predicted molar refractivity (Wildman–Crippen MR) is 133 cm³/mol. The van der Waals surface area contributed by atoms with Crippen LogP contribution in [0.5, 0.6) is 0 Å². The summed E-state index contributed by atoms with van der Waals surface area (Å²) >= 11 is 1.21. The molecule has 1 aromatic rings. The molecule has 13 nitrogen and oxygen atoms in total. The molecule has 1 rings (SSSR count). The molecule has 35 heavy (non-hydrogen) atoms. The van der Waals surface area contributed by atoms with Crippen molar-refractivity contribution in [1.82, 2.24) is 20.1 Å². The van der Waals surface area contributed by atoms with Gasteiger partial charge >= 0.3 is 0 Å². The van der Waals surface area contributed by atoms with Gasteiger partial charge in [-0.2, -0.15) is 0 Å². The van der Waals surface area contributed by atoms with E-state index in [0.717, 1.165) is 6.26 Å². The predicted octanol–water partition coefficient (Wildman–Crippen LogP) is 0.355. The SMILES string of the molecule is CC(C)C[C@H](C(=O)N[C@H](C(=O)Nc1nccs1)[C@H](C)CCN=C(N)NS(C)(=O)=O)[C@H](C)N(O)C=O. The van der Waals surface area contributed by atoms with Crippen molar-refractivity contribution in [2.75, 3.05) is 18.1 Å². The van der Waals surface area contributed by atoms with Crippen LogP contribution in [-0.2, 0) is 24.4 Å². The molecule has 0 aromatic carbocycles. The molecule has 1 aromatic heterocycles. The van der Waals surface area contributed by atoms with Gasteiger partial charge in [-0.15, -0.1) is 11.3 Å². The molecule has 1 heterocycles. The first kappa shape index (κ1) is 30.3. The zero-order valence-electron chi connectivity index (χ0n) is 20.5. The lowest BCUT2D eigenvalue weighted by atomic mass is 9.89. The van der Waals surface area contributed by atoms with Crippen molar-refractivity contribution in [1.29, 1.82) is 0 Å². The molecule has 0 unspecified atom stereocenters. The highest BCUT2D eigenvalue weighted by Gasteiger charge is 2.34.